The highest BCUT2D eigenvalue weighted by Gasteiger charge is 2.09. The molecule has 0 aliphatic carbocycles. The van der Waals surface area contributed by atoms with E-state index < -0.39 is 0 Å². The van der Waals surface area contributed by atoms with Crippen molar-refractivity contribution in [3.8, 4) is 12.1 Å². The van der Waals surface area contributed by atoms with Crippen molar-refractivity contribution in [1.29, 1.82) is 10.5 Å². The first-order chi connectivity index (χ1) is 5.20. The predicted octanol–water partition coefficient (Wildman–Crippen LogP) is 1.53. The summed E-state index contributed by atoms with van der Waals surface area (Å²) in [5, 5.41) is 17.1. The Hall–Kier alpha value is -1.26. The molecule has 0 saturated carbocycles. The molecule has 11 heavy (non-hydrogen) atoms. The fourth-order valence-electron chi connectivity index (χ4n) is 0.803. The van der Waals surface area contributed by atoms with E-state index in [4.69, 9.17) is 10.5 Å². The minimum atomic E-state index is 0.474. The molecule has 1 aromatic rings. The van der Waals surface area contributed by atoms with Crippen molar-refractivity contribution in [2.45, 2.75) is 0 Å². The Bertz CT molecular complexity index is 364. The zero-order valence-electron chi connectivity index (χ0n) is 5.80. The smallest absolute Gasteiger partial charge is 0.135 e. The van der Waals surface area contributed by atoms with E-state index in [9.17, 15) is 0 Å². The molecule has 0 atom stereocenters. The number of nitriles is 2. The maximum Gasteiger partial charge on any atom is 0.135 e. The third-order valence-electron chi connectivity index (χ3n) is 1.35. The summed E-state index contributed by atoms with van der Waals surface area (Å²) >= 11 is 3.16. The Balaban J connectivity index is 3.43. The summed E-state index contributed by atoms with van der Waals surface area (Å²) in [6.07, 6.45) is 1.61. The molecule has 0 bridgehead atoms. The summed E-state index contributed by atoms with van der Waals surface area (Å²) in [6, 6.07) is 3.96. The van der Waals surface area contributed by atoms with Gasteiger partial charge >= 0.3 is 0 Å². The molecular formula is C7H4BrN3. The van der Waals surface area contributed by atoms with Crippen LogP contribution in [0.15, 0.2) is 10.7 Å². The van der Waals surface area contributed by atoms with Crippen LogP contribution >= 0.6 is 15.9 Å². The summed E-state index contributed by atoms with van der Waals surface area (Å²) in [4.78, 5) is 0. The Labute approximate surface area is 72.6 Å². The molecule has 0 radical (unpaired) electrons. The van der Waals surface area contributed by atoms with Crippen LogP contribution in [0.25, 0.3) is 0 Å². The minimum Gasteiger partial charge on any atom is -0.340 e. The molecular weight excluding hydrogens is 206 g/mol. The van der Waals surface area contributed by atoms with Gasteiger partial charge in [0, 0.05) is 13.2 Å². The van der Waals surface area contributed by atoms with Crippen LogP contribution in [0.3, 0.4) is 0 Å². The average molecular weight is 210 g/mol. The zero-order valence-corrected chi connectivity index (χ0v) is 7.38. The van der Waals surface area contributed by atoms with Crippen LogP contribution in [0.1, 0.15) is 11.3 Å². The van der Waals surface area contributed by atoms with Crippen molar-refractivity contribution in [2.24, 2.45) is 7.05 Å². The molecule has 1 rings (SSSR count). The van der Waals surface area contributed by atoms with Gasteiger partial charge in [-0.3, -0.25) is 0 Å². The first-order valence-corrected chi connectivity index (χ1v) is 3.65. The number of halogens is 1. The Morgan fingerprint density at radius 3 is 2.36 bits per heavy atom. The van der Waals surface area contributed by atoms with Crippen LogP contribution < -0.4 is 0 Å². The first-order valence-electron chi connectivity index (χ1n) is 2.85. The fourth-order valence-corrected chi connectivity index (χ4v) is 1.36. The normalized spacial score (nSPS) is 8.73. The monoisotopic (exact) mass is 209 g/mol. The van der Waals surface area contributed by atoms with E-state index in [1.165, 1.54) is 0 Å². The molecule has 0 spiro atoms. The van der Waals surface area contributed by atoms with Gasteiger partial charge in [0.1, 0.15) is 17.8 Å². The van der Waals surface area contributed by atoms with Crippen molar-refractivity contribution >= 4 is 15.9 Å². The molecule has 0 unspecified atom stereocenters. The molecule has 0 aliphatic heterocycles. The van der Waals surface area contributed by atoms with Gasteiger partial charge in [-0.2, -0.15) is 10.5 Å². The lowest BCUT2D eigenvalue weighted by atomic mass is 10.3. The zero-order chi connectivity index (χ0) is 8.43. The first kappa shape index (κ1) is 7.84. The van der Waals surface area contributed by atoms with Gasteiger partial charge in [-0.15, -0.1) is 0 Å². The SMILES string of the molecule is Cn1cc(C#N)c(Br)c1C#N. The van der Waals surface area contributed by atoms with Gasteiger partial charge in [-0.1, -0.05) is 0 Å². The largest absolute Gasteiger partial charge is 0.340 e. The lowest BCUT2D eigenvalue weighted by Gasteiger charge is -1.89. The molecule has 0 N–H and O–H groups in total. The topological polar surface area (TPSA) is 52.5 Å². The van der Waals surface area contributed by atoms with Crippen LogP contribution in [0.2, 0.25) is 0 Å². The van der Waals surface area contributed by atoms with E-state index in [-0.39, 0.29) is 0 Å². The highest BCUT2D eigenvalue weighted by Crippen LogP contribution is 2.21. The van der Waals surface area contributed by atoms with Crippen molar-refractivity contribution in [3.05, 3.63) is 21.9 Å². The van der Waals surface area contributed by atoms with Crippen molar-refractivity contribution in [2.75, 3.05) is 0 Å². The number of nitrogens with zero attached hydrogens (tertiary/aromatic N) is 3. The van der Waals surface area contributed by atoms with E-state index in [1.807, 2.05) is 12.1 Å². The molecule has 1 aromatic heterocycles. The molecule has 1 heterocycles. The molecule has 3 nitrogen and oxygen atoms in total. The second-order valence-electron chi connectivity index (χ2n) is 2.04. The standard InChI is InChI=1S/C7H4BrN3/c1-11-4-5(2-9)7(8)6(11)3-10/h4H,1H3. The highest BCUT2D eigenvalue weighted by molar-refractivity contribution is 9.10. The Kier molecular flexibility index (Phi) is 1.98. The van der Waals surface area contributed by atoms with E-state index in [1.54, 1.807) is 17.8 Å². The molecule has 0 saturated heterocycles. The van der Waals surface area contributed by atoms with Gasteiger partial charge < -0.3 is 4.57 Å². The molecule has 0 aromatic carbocycles. The Morgan fingerprint density at radius 2 is 2.09 bits per heavy atom. The number of hydrogen-bond donors (Lipinski definition) is 0. The number of hydrogen-bond acceptors (Lipinski definition) is 2. The van der Waals surface area contributed by atoms with E-state index in [0.717, 1.165) is 0 Å². The molecule has 4 heteroatoms. The summed E-state index contributed by atoms with van der Waals surface area (Å²) in [6.45, 7) is 0. The van der Waals surface area contributed by atoms with Crippen LogP contribution in [-0.4, -0.2) is 4.57 Å². The molecule has 0 fully saturated rings. The second kappa shape index (κ2) is 2.77. The van der Waals surface area contributed by atoms with Gasteiger partial charge in [0.25, 0.3) is 0 Å². The van der Waals surface area contributed by atoms with Gasteiger partial charge in [-0.25, -0.2) is 0 Å². The van der Waals surface area contributed by atoms with E-state index >= 15 is 0 Å². The second-order valence-corrected chi connectivity index (χ2v) is 2.83. The Morgan fingerprint density at radius 1 is 1.45 bits per heavy atom. The van der Waals surface area contributed by atoms with Crippen LogP contribution in [0, 0.1) is 22.7 Å². The van der Waals surface area contributed by atoms with E-state index in [2.05, 4.69) is 15.9 Å². The molecule has 0 aliphatic rings. The fraction of sp³-hybridized carbons (Fsp3) is 0.143. The number of aryl methyl sites for hydroxylation is 1. The van der Waals surface area contributed by atoms with Crippen LogP contribution in [0.4, 0.5) is 0 Å². The van der Waals surface area contributed by atoms with Crippen LogP contribution in [0.5, 0.6) is 0 Å². The van der Waals surface area contributed by atoms with Crippen molar-refractivity contribution < 1.29 is 0 Å². The molecule has 0 amide bonds. The van der Waals surface area contributed by atoms with Crippen molar-refractivity contribution in [3.63, 3.8) is 0 Å². The van der Waals surface area contributed by atoms with Crippen molar-refractivity contribution in [1.82, 2.24) is 4.57 Å². The summed E-state index contributed by atoms with van der Waals surface area (Å²) < 4.78 is 2.19. The quantitative estimate of drug-likeness (QED) is 0.651. The van der Waals surface area contributed by atoms with Gasteiger partial charge in [-0.05, 0) is 15.9 Å². The predicted molar refractivity (Wildman–Crippen MR) is 42.5 cm³/mol. The van der Waals surface area contributed by atoms with Gasteiger partial charge in [0.15, 0.2) is 0 Å². The maximum atomic E-state index is 8.60. The number of rotatable bonds is 0. The lowest BCUT2D eigenvalue weighted by Crippen LogP contribution is -1.87. The lowest BCUT2D eigenvalue weighted by molar-refractivity contribution is 0.905. The van der Waals surface area contributed by atoms with Crippen LogP contribution in [-0.2, 0) is 7.05 Å². The highest BCUT2D eigenvalue weighted by atomic mass is 79.9. The van der Waals surface area contributed by atoms with Gasteiger partial charge in [0.05, 0.1) is 10.0 Å². The summed E-state index contributed by atoms with van der Waals surface area (Å²) in [7, 11) is 1.73. The number of aromatic nitrogens is 1. The minimum absolute atomic E-state index is 0.474. The third-order valence-corrected chi connectivity index (χ3v) is 2.15. The molecule has 54 valence electrons. The summed E-state index contributed by atoms with van der Waals surface area (Å²) in [5.74, 6) is 0. The van der Waals surface area contributed by atoms with Gasteiger partial charge in [0.2, 0.25) is 0 Å². The average Bonchev–Trinajstić information content (AvgIpc) is 2.26. The summed E-state index contributed by atoms with van der Waals surface area (Å²) in [5.41, 5.74) is 0.964. The third kappa shape index (κ3) is 1.13. The maximum absolute atomic E-state index is 8.60. The van der Waals surface area contributed by atoms with E-state index in [0.29, 0.717) is 15.7 Å².